The van der Waals surface area contributed by atoms with Crippen LogP contribution in [0.2, 0.25) is 0 Å². The van der Waals surface area contributed by atoms with Crippen LogP contribution in [0, 0.1) is 0 Å². The minimum atomic E-state index is 0.621. The van der Waals surface area contributed by atoms with Gasteiger partial charge < -0.3 is 10.2 Å². The lowest BCUT2D eigenvalue weighted by atomic mass is 9.94. The number of aryl methyl sites for hydroxylation is 1. The maximum atomic E-state index is 4.55. The van der Waals surface area contributed by atoms with Gasteiger partial charge in [-0.05, 0) is 45.1 Å². The molecule has 0 spiro atoms. The van der Waals surface area contributed by atoms with E-state index in [2.05, 4.69) is 33.2 Å². The molecule has 2 saturated heterocycles. The SMILES string of the molecule is CCCc1cc(N2CCCCC2C2CCCN2)ncn1. The Balaban J connectivity index is 1.79. The smallest absolute Gasteiger partial charge is 0.132 e. The maximum Gasteiger partial charge on any atom is 0.132 e. The van der Waals surface area contributed by atoms with Crippen molar-refractivity contribution < 1.29 is 0 Å². The molecule has 0 saturated carbocycles. The highest BCUT2D eigenvalue weighted by atomic mass is 15.2. The van der Waals surface area contributed by atoms with Crippen LogP contribution in [0.15, 0.2) is 12.4 Å². The number of hydrogen-bond acceptors (Lipinski definition) is 4. The zero-order chi connectivity index (χ0) is 13.8. The van der Waals surface area contributed by atoms with Gasteiger partial charge in [0.2, 0.25) is 0 Å². The summed E-state index contributed by atoms with van der Waals surface area (Å²) in [6.07, 6.45) is 10.5. The Kier molecular flexibility index (Phi) is 4.51. The van der Waals surface area contributed by atoms with Crippen molar-refractivity contribution in [2.45, 2.75) is 64.0 Å². The quantitative estimate of drug-likeness (QED) is 0.916. The van der Waals surface area contributed by atoms with Crippen molar-refractivity contribution >= 4 is 5.82 Å². The summed E-state index contributed by atoms with van der Waals surface area (Å²) in [7, 11) is 0. The molecule has 0 aliphatic carbocycles. The first-order valence-corrected chi connectivity index (χ1v) is 8.19. The van der Waals surface area contributed by atoms with E-state index in [1.807, 2.05) is 0 Å². The van der Waals surface area contributed by atoms with Gasteiger partial charge in [0.1, 0.15) is 12.1 Å². The fourth-order valence-electron chi connectivity index (χ4n) is 3.64. The molecule has 1 N–H and O–H groups in total. The van der Waals surface area contributed by atoms with Crippen molar-refractivity contribution in [2.24, 2.45) is 0 Å². The van der Waals surface area contributed by atoms with E-state index in [0.717, 1.165) is 25.2 Å². The number of anilines is 1. The van der Waals surface area contributed by atoms with E-state index in [0.29, 0.717) is 12.1 Å². The molecule has 3 heterocycles. The first kappa shape index (κ1) is 13.8. The van der Waals surface area contributed by atoms with Gasteiger partial charge in [0.15, 0.2) is 0 Å². The van der Waals surface area contributed by atoms with Crippen LogP contribution in [0.25, 0.3) is 0 Å². The minimum absolute atomic E-state index is 0.621. The van der Waals surface area contributed by atoms with Crippen molar-refractivity contribution in [1.29, 1.82) is 0 Å². The van der Waals surface area contributed by atoms with Gasteiger partial charge >= 0.3 is 0 Å². The second-order valence-electron chi connectivity index (χ2n) is 6.08. The maximum absolute atomic E-state index is 4.55. The van der Waals surface area contributed by atoms with E-state index >= 15 is 0 Å². The van der Waals surface area contributed by atoms with E-state index in [9.17, 15) is 0 Å². The molecule has 4 heteroatoms. The highest BCUT2D eigenvalue weighted by molar-refractivity contribution is 5.41. The Morgan fingerprint density at radius 2 is 2.20 bits per heavy atom. The Morgan fingerprint density at radius 1 is 1.25 bits per heavy atom. The average Bonchev–Trinajstić information content (AvgIpc) is 3.02. The lowest BCUT2D eigenvalue weighted by Crippen LogP contribution is -2.50. The third kappa shape index (κ3) is 2.95. The Labute approximate surface area is 122 Å². The van der Waals surface area contributed by atoms with E-state index in [1.165, 1.54) is 44.3 Å². The molecule has 0 aromatic carbocycles. The van der Waals surface area contributed by atoms with Crippen LogP contribution >= 0.6 is 0 Å². The molecule has 0 radical (unpaired) electrons. The summed E-state index contributed by atoms with van der Waals surface area (Å²) in [6.45, 7) is 4.53. The second kappa shape index (κ2) is 6.53. The molecule has 2 atom stereocenters. The van der Waals surface area contributed by atoms with Crippen molar-refractivity contribution in [3.05, 3.63) is 18.1 Å². The Hall–Kier alpha value is -1.16. The topological polar surface area (TPSA) is 41.0 Å². The molecule has 4 nitrogen and oxygen atoms in total. The molecular formula is C16H26N4. The normalized spacial score (nSPS) is 26.9. The van der Waals surface area contributed by atoms with Gasteiger partial charge in [-0.15, -0.1) is 0 Å². The molecule has 0 bridgehead atoms. The van der Waals surface area contributed by atoms with E-state index in [1.54, 1.807) is 6.33 Å². The molecule has 110 valence electrons. The summed E-state index contributed by atoms with van der Waals surface area (Å²) in [4.78, 5) is 11.5. The van der Waals surface area contributed by atoms with Crippen LogP contribution < -0.4 is 10.2 Å². The molecule has 1 aromatic rings. The lowest BCUT2D eigenvalue weighted by Gasteiger charge is -2.40. The standard InChI is InChI=1S/C16H26N4/c1-2-6-13-11-16(19-12-18-13)20-10-4-3-8-15(20)14-7-5-9-17-14/h11-12,14-15,17H,2-10H2,1H3. The zero-order valence-corrected chi connectivity index (χ0v) is 12.5. The first-order chi connectivity index (χ1) is 9.88. The first-order valence-electron chi connectivity index (χ1n) is 8.19. The van der Waals surface area contributed by atoms with Crippen LogP contribution in [0.4, 0.5) is 5.82 Å². The van der Waals surface area contributed by atoms with E-state index < -0.39 is 0 Å². The Bertz CT molecular complexity index is 428. The zero-order valence-electron chi connectivity index (χ0n) is 12.5. The van der Waals surface area contributed by atoms with Crippen LogP contribution in [-0.2, 0) is 6.42 Å². The van der Waals surface area contributed by atoms with Crippen LogP contribution in [0.5, 0.6) is 0 Å². The summed E-state index contributed by atoms with van der Waals surface area (Å²) >= 11 is 0. The lowest BCUT2D eigenvalue weighted by molar-refractivity contribution is 0.376. The third-order valence-electron chi connectivity index (χ3n) is 4.62. The molecule has 20 heavy (non-hydrogen) atoms. The van der Waals surface area contributed by atoms with Crippen molar-refractivity contribution in [3.63, 3.8) is 0 Å². The van der Waals surface area contributed by atoms with Gasteiger partial charge in [0.25, 0.3) is 0 Å². The summed E-state index contributed by atoms with van der Waals surface area (Å²) < 4.78 is 0. The fourth-order valence-corrected chi connectivity index (χ4v) is 3.64. The predicted octanol–water partition coefficient (Wildman–Crippen LogP) is 2.54. The van der Waals surface area contributed by atoms with Gasteiger partial charge in [-0.3, -0.25) is 0 Å². The number of nitrogens with one attached hydrogen (secondary N) is 1. The molecule has 0 amide bonds. The van der Waals surface area contributed by atoms with Gasteiger partial charge in [0.05, 0.1) is 0 Å². The van der Waals surface area contributed by atoms with E-state index in [4.69, 9.17) is 0 Å². The van der Waals surface area contributed by atoms with Crippen molar-refractivity contribution in [2.75, 3.05) is 18.0 Å². The minimum Gasteiger partial charge on any atom is -0.352 e. The monoisotopic (exact) mass is 274 g/mol. The number of piperidine rings is 1. The Morgan fingerprint density at radius 3 is 3.00 bits per heavy atom. The predicted molar refractivity (Wildman–Crippen MR) is 82.0 cm³/mol. The van der Waals surface area contributed by atoms with Crippen molar-refractivity contribution in [1.82, 2.24) is 15.3 Å². The molecular weight excluding hydrogens is 248 g/mol. The van der Waals surface area contributed by atoms with E-state index in [-0.39, 0.29) is 0 Å². The second-order valence-corrected chi connectivity index (χ2v) is 6.08. The molecule has 2 aliphatic heterocycles. The van der Waals surface area contributed by atoms with Gasteiger partial charge in [-0.1, -0.05) is 13.3 Å². The van der Waals surface area contributed by atoms with Crippen LogP contribution in [-0.4, -0.2) is 35.1 Å². The highest BCUT2D eigenvalue weighted by Crippen LogP contribution is 2.28. The van der Waals surface area contributed by atoms with Gasteiger partial charge in [-0.2, -0.15) is 0 Å². The van der Waals surface area contributed by atoms with Crippen LogP contribution in [0.1, 0.15) is 51.1 Å². The van der Waals surface area contributed by atoms with Crippen molar-refractivity contribution in [3.8, 4) is 0 Å². The average molecular weight is 274 g/mol. The van der Waals surface area contributed by atoms with Gasteiger partial charge in [0, 0.05) is 30.4 Å². The van der Waals surface area contributed by atoms with Crippen LogP contribution in [0.3, 0.4) is 0 Å². The summed E-state index contributed by atoms with van der Waals surface area (Å²) in [5.74, 6) is 1.14. The summed E-state index contributed by atoms with van der Waals surface area (Å²) in [6, 6.07) is 3.48. The molecule has 1 aromatic heterocycles. The number of rotatable bonds is 4. The summed E-state index contributed by atoms with van der Waals surface area (Å²) in [5, 5.41) is 3.68. The molecule has 3 rings (SSSR count). The molecule has 2 fully saturated rings. The summed E-state index contributed by atoms with van der Waals surface area (Å²) in [5.41, 5.74) is 1.18. The number of hydrogen-bond donors (Lipinski definition) is 1. The molecule has 2 unspecified atom stereocenters. The number of nitrogens with zero attached hydrogens (tertiary/aromatic N) is 3. The highest BCUT2D eigenvalue weighted by Gasteiger charge is 2.32. The fraction of sp³-hybridized carbons (Fsp3) is 0.750. The van der Waals surface area contributed by atoms with Gasteiger partial charge in [-0.25, -0.2) is 9.97 Å². The largest absolute Gasteiger partial charge is 0.352 e. The third-order valence-corrected chi connectivity index (χ3v) is 4.62. The molecule has 2 aliphatic rings. The number of aromatic nitrogens is 2.